The number of aliphatic hydroxyl groups is 2. The van der Waals surface area contributed by atoms with Crippen LogP contribution in [-0.2, 0) is 4.74 Å². The van der Waals surface area contributed by atoms with Gasteiger partial charge in [0.2, 0.25) is 5.67 Å². The average Bonchev–Trinajstić information content (AvgIpc) is 3.01. The minimum absolute atomic E-state index is 0.0749. The van der Waals surface area contributed by atoms with Gasteiger partial charge in [0, 0.05) is 0 Å². The first kappa shape index (κ1) is 14.2. The van der Waals surface area contributed by atoms with Gasteiger partial charge in [0.15, 0.2) is 17.0 Å². The number of rotatable bonds is 2. The Morgan fingerprint density at radius 2 is 2.29 bits per heavy atom. The minimum atomic E-state index is -2.52. The van der Waals surface area contributed by atoms with Crippen molar-refractivity contribution in [2.45, 2.75) is 24.1 Å². The number of hydrogen-bond donors (Lipinski definition) is 2. The van der Waals surface area contributed by atoms with E-state index in [4.69, 9.17) is 22.8 Å². The van der Waals surface area contributed by atoms with Crippen molar-refractivity contribution in [1.29, 1.82) is 0 Å². The quantitative estimate of drug-likeness (QED) is 0.602. The van der Waals surface area contributed by atoms with E-state index in [1.165, 1.54) is 17.2 Å². The van der Waals surface area contributed by atoms with Gasteiger partial charge < -0.3 is 14.9 Å². The molecule has 7 nitrogen and oxygen atoms in total. The smallest absolute Gasteiger partial charge is 0.228 e. The summed E-state index contributed by atoms with van der Waals surface area (Å²) in [6.07, 6.45) is 3.39. The van der Waals surface area contributed by atoms with Gasteiger partial charge in [-0.3, -0.25) is 4.57 Å². The summed E-state index contributed by atoms with van der Waals surface area (Å²) in [4.78, 5) is 11.7. The second-order valence-electron chi connectivity index (χ2n) is 4.54. The number of halogens is 2. The molecule has 3 rings (SSSR count). The summed E-state index contributed by atoms with van der Waals surface area (Å²) in [6, 6.07) is 0. The van der Waals surface area contributed by atoms with Gasteiger partial charge >= 0.3 is 0 Å². The van der Waals surface area contributed by atoms with E-state index in [0.717, 1.165) is 0 Å². The van der Waals surface area contributed by atoms with Gasteiger partial charge in [0.1, 0.15) is 24.1 Å². The van der Waals surface area contributed by atoms with Crippen LogP contribution in [0.3, 0.4) is 0 Å². The molecule has 0 aromatic carbocycles. The molecule has 21 heavy (non-hydrogen) atoms. The lowest BCUT2D eigenvalue weighted by Crippen LogP contribution is -2.43. The molecule has 3 heterocycles. The van der Waals surface area contributed by atoms with Crippen LogP contribution in [0.15, 0.2) is 12.7 Å². The van der Waals surface area contributed by atoms with Gasteiger partial charge in [-0.05, 0) is 0 Å². The molecule has 2 aromatic rings. The van der Waals surface area contributed by atoms with Crippen molar-refractivity contribution in [3.63, 3.8) is 0 Å². The molecule has 4 atom stereocenters. The highest BCUT2D eigenvalue weighted by molar-refractivity contribution is 6.33. The van der Waals surface area contributed by atoms with Gasteiger partial charge in [0.05, 0.1) is 12.9 Å². The normalized spacial score (nSPS) is 32.4. The Bertz CT molecular complexity index is 733. The molecule has 1 aliphatic heterocycles. The molecular formula is C12H10ClFN4O3. The number of hydrogen-bond acceptors (Lipinski definition) is 6. The first-order valence-electron chi connectivity index (χ1n) is 5.97. The maximum Gasteiger partial charge on any atom is 0.228 e. The van der Waals surface area contributed by atoms with E-state index in [0.29, 0.717) is 0 Å². The standard InChI is InChI=1S/C12H10ClFN4O3/c1-2-12(14)6(3-19)21-11(8(12)20)18-5-17-10-7(18)9(13)15-4-16-10/h1,4-6,8,11,19-20H,3H2/t6-,8?,11-,12?/m1/s1. The van der Waals surface area contributed by atoms with Gasteiger partial charge in [0.25, 0.3) is 0 Å². The van der Waals surface area contributed by atoms with Gasteiger partial charge in [-0.2, -0.15) is 0 Å². The number of nitrogens with zero attached hydrogens (tertiary/aromatic N) is 4. The molecule has 2 N–H and O–H groups in total. The molecule has 2 unspecified atom stereocenters. The fourth-order valence-electron chi connectivity index (χ4n) is 2.34. The Balaban J connectivity index is 2.10. The SMILES string of the molecule is C#CC1(F)C(O)[C@H](n2cnc3ncnc(Cl)c32)O[C@@H]1CO. The van der Waals surface area contributed by atoms with Crippen LogP contribution in [0.5, 0.6) is 0 Å². The Hall–Kier alpha value is -1.79. The summed E-state index contributed by atoms with van der Waals surface area (Å²) < 4.78 is 21.2. The molecule has 2 aromatic heterocycles. The highest BCUT2D eigenvalue weighted by Gasteiger charge is 2.57. The number of fused-ring (bicyclic) bond motifs is 1. The van der Waals surface area contributed by atoms with Gasteiger partial charge in [-0.1, -0.05) is 17.5 Å². The molecule has 110 valence electrons. The summed E-state index contributed by atoms with van der Waals surface area (Å²) in [6.45, 7) is -0.675. The van der Waals surface area contributed by atoms with E-state index in [1.54, 1.807) is 0 Å². The fourth-order valence-corrected chi connectivity index (χ4v) is 2.57. The predicted molar refractivity (Wildman–Crippen MR) is 70.0 cm³/mol. The predicted octanol–water partition coefficient (Wildman–Crippen LogP) is 0.0718. The van der Waals surface area contributed by atoms with Crippen molar-refractivity contribution >= 4 is 22.8 Å². The number of ether oxygens (including phenoxy) is 1. The molecular weight excluding hydrogens is 303 g/mol. The molecule has 0 saturated carbocycles. The fraction of sp³-hybridized carbons (Fsp3) is 0.417. The van der Waals surface area contributed by atoms with Crippen LogP contribution in [-0.4, -0.2) is 54.2 Å². The van der Waals surface area contributed by atoms with E-state index >= 15 is 0 Å². The van der Waals surface area contributed by atoms with E-state index in [9.17, 15) is 14.6 Å². The van der Waals surface area contributed by atoms with Crippen LogP contribution >= 0.6 is 11.6 Å². The lowest BCUT2D eigenvalue weighted by Gasteiger charge is -2.21. The Kier molecular flexibility index (Phi) is 3.30. The van der Waals surface area contributed by atoms with Gasteiger partial charge in [-0.25, -0.2) is 19.3 Å². The molecule has 1 fully saturated rings. The monoisotopic (exact) mass is 312 g/mol. The summed E-state index contributed by atoms with van der Waals surface area (Å²) in [5.41, 5.74) is -1.97. The van der Waals surface area contributed by atoms with E-state index < -0.39 is 30.7 Å². The molecule has 0 amide bonds. The highest BCUT2D eigenvalue weighted by atomic mass is 35.5. The Morgan fingerprint density at radius 1 is 1.52 bits per heavy atom. The van der Waals surface area contributed by atoms with Crippen molar-refractivity contribution in [1.82, 2.24) is 19.5 Å². The van der Waals surface area contributed by atoms with Crippen LogP contribution in [0, 0.1) is 12.3 Å². The average molecular weight is 313 g/mol. The highest BCUT2D eigenvalue weighted by Crippen LogP contribution is 2.41. The largest absolute Gasteiger partial charge is 0.394 e. The molecule has 0 bridgehead atoms. The van der Waals surface area contributed by atoms with Crippen molar-refractivity contribution in [2.75, 3.05) is 6.61 Å². The van der Waals surface area contributed by atoms with Crippen molar-refractivity contribution in [3.05, 3.63) is 17.8 Å². The summed E-state index contributed by atoms with van der Waals surface area (Å²) >= 11 is 5.97. The van der Waals surface area contributed by atoms with E-state index in [2.05, 4.69) is 15.0 Å². The number of aromatic nitrogens is 4. The van der Waals surface area contributed by atoms with E-state index in [1.807, 2.05) is 5.92 Å². The lowest BCUT2D eigenvalue weighted by molar-refractivity contribution is -0.0506. The van der Waals surface area contributed by atoms with E-state index in [-0.39, 0.29) is 16.3 Å². The minimum Gasteiger partial charge on any atom is -0.394 e. The zero-order chi connectivity index (χ0) is 15.2. The number of terminal acetylenes is 1. The third-order valence-electron chi connectivity index (χ3n) is 3.45. The van der Waals surface area contributed by atoms with Crippen LogP contribution in [0.25, 0.3) is 11.2 Å². The number of alkyl halides is 1. The van der Waals surface area contributed by atoms with Crippen LogP contribution in [0.4, 0.5) is 4.39 Å². The number of imidazole rings is 1. The van der Waals surface area contributed by atoms with Crippen LogP contribution in [0.1, 0.15) is 6.23 Å². The topological polar surface area (TPSA) is 93.3 Å². The van der Waals surface area contributed by atoms with Gasteiger partial charge in [-0.15, -0.1) is 6.42 Å². The van der Waals surface area contributed by atoms with Crippen molar-refractivity contribution in [2.24, 2.45) is 0 Å². The Morgan fingerprint density at radius 3 is 2.90 bits per heavy atom. The third kappa shape index (κ3) is 1.90. The molecule has 0 radical (unpaired) electrons. The van der Waals surface area contributed by atoms with Crippen LogP contribution in [0.2, 0.25) is 5.15 Å². The van der Waals surface area contributed by atoms with Crippen molar-refractivity contribution < 1.29 is 19.3 Å². The maximum atomic E-state index is 14.6. The van der Waals surface area contributed by atoms with Crippen molar-refractivity contribution in [3.8, 4) is 12.3 Å². The lowest BCUT2D eigenvalue weighted by atomic mass is 9.95. The molecule has 0 aliphatic carbocycles. The maximum absolute atomic E-state index is 14.6. The van der Waals surface area contributed by atoms with Crippen LogP contribution < -0.4 is 0 Å². The first-order valence-corrected chi connectivity index (χ1v) is 6.34. The zero-order valence-corrected chi connectivity index (χ0v) is 11.3. The molecule has 1 saturated heterocycles. The summed E-state index contributed by atoms with van der Waals surface area (Å²) in [5.74, 6) is 1.85. The number of aliphatic hydroxyl groups excluding tert-OH is 2. The summed E-state index contributed by atoms with van der Waals surface area (Å²) in [7, 11) is 0. The summed E-state index contributed by atoms with van der Waals surface area (Å²) in [5, 5.41) is 19.4. The Labute approximate surface area is 123 Å². The second kappa shape index (κ2) is 4.89. The second-order valence-corrected chi connectivity index (χ2v) is 4.90. The zero-order valence-electron chi connectivity index (χ0n) is 10.5. The molecule has 1 aliphatic rings. The molecule has 0 spiro atoms. The third-order valence-corrected chi connectivity index (χ3v) is 3.73. The first-order chi connectivity index (χ1) is 10.0. The molecule has 9 heteroatoms.